The van der Waals surface area contributed by atoms with Crippen LogP contribution in [-0.2, 0) is 0 Å². The quantitative estimate of drug-likeness (QED) is 0.672. The summed E-state index contributed by atoms with van der Waals surface area (Å²) in [5.41, 5.74) is 0.644. The van der Waals surface area contributed by atoms with E-state index in [2.05, 4.69) is 0 Å². The minimum Gasteiger partial charge on any atom is -0.369 e. The van der Waals surface area contributed by atoms with Crippen molar-refractivity contribution in [1.29, 1.82) is 0 Å². The summed E-state index contributed by atoms with van der Waals surface area (Å²) in [6.45, 7) is 1.88. The van der Waals surface area contributed by atoms with E-state index in [-0.39, 0.29) is 10.8 Å². The van der Waals surface area contributed by atoms with Crippen LogP contribution in [0.1, 0.15) is 12.8 Å². The molecule has 1 aromatic rings. The van der Waals surface area contributed by atoms with E-state index in [9.17, 15) is 4.39 Å². The first-order valence-corrected chi connectivity index (χ1v) is 4.86. The third-order valence-electron chi connectivity index (χ3n) is 2.38. The van der Waals surface area contributed by atoms with E-state index in [0.717, 1.165) is 25.9 Å². The van der Waals surface area contributed by atoms with Gasteiger partial charge in [-0.15, -0.1) is 0 Å². The van der Waals surface area contributed by atoms with Crippen molar-refractivity contribution in [3.63, 3.8) is 0 Å². The van der Waals surface area contributed by atoms with Crippen LogP contribution >= 0.6 is 11.6 Å². The number of benzene rings is 1. The van der Waals surface area contributed by atoms with Gasteiger partial charge in [-0.3, -0.25) is 0 Å². The highest BCUT2D eigenvalue weighted by atomic mass is 35.5. The molecule has 1 aromatic carbocycles. The fraction of sp³-hybridized carbons (Fsp3) is 0.400. The molecule has 0 N–H and O–H groups in total. The SMILES string of the molecule is Fc1c(Cl)cccc1N1CCCC1. The second kappa shape index (κ2) is 3.54. The molecule has 1 nitrogen and oxygen atoms in total. The molecule has 1 saturated heterocycles. The van der Waals surface area contributed by atoms with Gasteiger partial charge in [0.15, 0.2) is 5.82 Å². The molecular formula is C10H11ClFN. The average Bonchev–Trinajstić information content (AvgIpc) is 2.62. The lowest BCUT2D eigenvalue weighted by Crippen LogP contribution is -2.18. The van der Waals surface area contributed by atoms with Gasteiger partial charge in [-0.2, -0.15) is 0 Å². The van der Waals surface area contributed by atoms with Crippen molar-refractivity contribution < 1.29 is 4.39 Å². The van der Waals surface area contributed by atoms with Gasteiger partial charge in [-0.05, 0) is 25.0 Å². The lowest BCUT2D eigenvalue weighted by Gasteiger charge is -2.18. The van der Waals surface area contributed by atoms with Gasteiger partial charge in [-0.1, -0.05) is 17.7 Å². The first kappa shape index (κ1) is 8.82. The monoisotopic (exact) mass is 199 g/mol. The molecule has 1 fully saturated rings. The number of anilines is 1. The van der Waals surface area contributed by atoms with Gasteiger partial charge in [0.05, 0.1) is 10.7 Å². The Hall–Kier alpha value is -0.760. The fourth-order valence-corrected chi connectivity index (χ4v) is 1.86. The van der Waals surface area contributed by atoms with Crippen LogP contribution in [0.2, 0.25) is 5.02 Å². The van der Waals surface area contributed by atoms with Crippen molar-refractivity contribution in [2.75, 3.05) is 18.0 Å². The molecule has 1 heterocycles. The number of rotatable bonds is 1. The highest BCUT2D eigenvalue weighted by Crippen LogP contribution is 2.27. The zero-order chi connectivity index (χ0) is 9.26. The fourth-order valence-electron chi connectivity index (χ4n) is 1.69. The molecule has 0 aliphatic carbocycles. The molecule has 0 aromatic heterocycles. The summed E-state index contributed by atoms with van der Waals surface area (Å²) in [5.74, 6) is -0.286. The maximum absolute atomic E-state index is 13.5. The topological polar surface area (TPSA) is 3.24 Å². The molecular weight excluding hydrogens is 189 g/mol. The zero-order valence-electron chi connectivity index (χ0n) is 7.26. The minimum atomic E-state index is -0.286. The van der Waals surface area contributed by atoms with Crippen molar-refractivity contribution in [1.82, 2.24) is 0 Å². The van der Waals surface area contributed by atoms with Crippen LogP contribution < -0.4 is 4.90 Å². The molecule has 2 rings (SSSR count). The predicted molar refractivity (Wildman–Crippen MR) is 52.9 cm³/mol. The largest absolute Gasteiger partial charge is 0.369 e. The van der Waals surface area contributed by atoms with Crippen molar-refractivity contribution in [3.05, 3.63) is 29.0 Å². The number of halogens is 2. The summed E-state index contributed by atoms with van der Waals surface area (Å²) in [4.78, 5) is 2.04. The van der Waals surface area contributed by atoms with Gasteiger partial charge in [0.2, 0.25) is 0 Å². The Morgan fingerprint density at radius 2 is 1.92 bits per heavy atom. The van der Waals surface area contributed by atoms with Crippen LogP contribution in [0, 0.1) is 5.82 Å². The molecule has 1 aliphatic heterocycles. The average molecular weight is 200 g/mol. The van der Waals surface area contributed by atoms with E-state index in [4.69, 9.17) is 11.6 Å². The van der Waals surface area contributed by atoms with Crippen molar-refractivity contribution in [2.24, 2.45) is 0 Å². The Bertz CT molecular complexity index is 308. The van der Waals surface area contributed by atoms with Gasteiger partial charge in [0, 0.05) is 13.1 Å². The molecule has 0 spiro atoms. The number of hydrogen-bond donors (Lipinski definition) is 0. The van der Waals surface area contributed by atoms with E-state index in [1.807, 2.05) is 4.90 Å². The van der Waals surface area contributed by atoms with E-state index in [1.54, 1.807) is 18.2 Å². The Labute approximate surface area is 82.1 Å². The molecule has 0 bridgehead atoms. The van der Waals surface area contributed by atoms with Crippen molar-refractivity contribution in [3.8, 4) is 0 Å². The molecule has 3 heteroatoms. The number of nitrogens with zero attached hydrogens (tertiary/aromatic N) is 1. The van der Waals surface area contributed by atoms with Crippen molar-refractivity contribution >= 4 is 17.3 Å². The maximum atomic E-state index is 13.5. The van der Waals surface area contributed by atoms with Gasteiger partial charge in [0.25, 0.3) is 0 Å². The zero-order valence-corrected chi connectivity index (χ0v) is 8.02. The Kier molecular flexibility index (Phi) is 2.40. The minimum absolute atomic E-state index is 0.212. The summed E-state index contributed by atoms with van der Waals surface area (Å²) in [6.07, 6.45) is 2.29. The van der Waals surface area contributed by atoms with Crippen molar-refractivity contribution in [2.45, 2.75) is 12.8 Å². The first-order chi connectivity index (χ1) is 6.29. The molecule has 1 aliphatic rings. The summed E-state index contributed by atoms with van der Waals surface area (Å²) in [5, 5.41) is 0.212. The van der Waals surface area contributed by atoms with E-state index < -0.39 is 0 Å². The van der Waals surface area contributed by atoms with Crippen LogP contribution in [0.4, 0.5) is 10.1 Å². The van der Waals surface area contributed by atoms with E-state index in [1.165, 1.54) is 0 Å². The molecule has 13 heavy (non-hydrogen) atoms. The molecule has 0 amide bonds. The lowest BCUT2D eigenvalue weighted by atomic mass is 10.3. The van der Waals surface area contributed by atoms with E-state index in [0.29, 0.717) is 5.69 Å². The summed E-state index contributed by atoms with van der Waals surface area (Å²) in [7, 11) is 0. The second-order valence-corrected chi connectivity index (χ2v) is 3.67. The van der Waals surface area contributed by atoms with E-state index >= 15 is 0 Å². The summed E-state index contributed by atoms with van der Waals surface area (Å²) >= 11 is 5.69. The maximum Gasteiger partial charge on any atom is 0.165 e. The Morgan fingerprint density at radius 3 is 2.62 bits per heavy atom. The Morgan fingerprint density at radius 1 is 1.23 bits per heavy atom. The Balaban J connectivity index is 2.33. The molecule has 0 saturated carbocycles. The van der Waals surface area contributed by atoms with Crippen LogP contribution in [0.5, 0.6) is 0 Å². The second-order valence-electron chi connectivity index (χ2n) is 3.27. The highest BCUT2D eigenvalue weighted by molar-refractivity contribution is 6.31. The summed E-state index contributed by atoms with van der Waals surface area (Å²) in [6, 6.07) is 5.15. The molecule has 0 radical (unpaired) electrons. The third kappa shape index (κ3) is 1.63. The molecule has 0 unspecified atom stereocenters. The predicted octanol–water partition coefficient (Wildman–Crippen LogP) is 3.08. The molecule has 70 valence electrons. The van der Waals surface area contributed by atoms with Crippen LogP contribution in [0.15, 0.2) is 18.2 Å². The lowest BCUT2D eigenvalue weighted by molar-refractivity contribution is 0.623. The highest BCUT2D eigenvalue weighted by Gasteiger charge is 2.16. The number of hydrogen-bond acceptors (Lipinski definition) is 1. The van der Waals surface area contributed by atoms with Gasteiger partial charge in [0.1, 0.15) is 0 Å². The van der Waals surface area contributed by atoms with Gasteiger partial charge < -0.3 is 4.90 Å². The summed E-state index contributed by atoms with van der Waals surface area (Å²) < 4.78 is 13.5. The third-order valence-corrected chi connectivity index (χ3v) is 2.67. The standard InChI is InChI=1S/C10H11ClFN/c11-8-4-3-5-9(10(8)12)13-6-1-2-7-13/h3-5H,1-2,6-7H2. The van der Waals surface area contributed by atoms with Gasteiger partial charge >= 0.3 is 0 Å². The van der Waals surface area contributed by atoms with Crippen LogP contribution in [0.25, 0.3) is 0 Å². The van der Waals surface area contributed by atoms with Crippen LogP contribution in [0.3, 0.4) is 0 Å². The first-order valence-electron chi connectivity index (χ1n) is 4.48. The smallest absolute Gasteiger partial charge is 0.165 e. The van der Waals surface area contributed by atoms with Crippen LogP contribution in [-0.4, -0.2) is 13.1 Å². The molecule has 0 atom stereocenters. The normalized spacial score (nSPS) is 16.6. The van der Waals surface area contributed by atoms with Gasteiger partial charge in [-0.25, -0.2) is 4.39 Å².